The fraction of sp³-hybridized carbons (Fsp3) is 0.118. The number of nitrogens with one attached hydrogen (secondary N) is 1. The van der Waals surface area contributed by atoms with Gasteiger partial charge in [0.15, 0.2) is 0 Å². The second kappa shape index (κ2) is 5.61. The number of hydrogen-bond donors (Lipinski definition) is 2. The lowest BCUT2D eigenvalue weighted by Crippen LogP contribution is -1.92. The average Bonchev–Trinajstić information content (AvgIpc) is 2.81. The number of aromatic amines is 1. The zero-order chi connectivity index (χ0) is 13.8. The molecular weight excluding hydrogens is 248 g/mol. The number of H-pyrrole nitrogens is 1. The number of hydrogen-bond acceptors (Lipinski definition) is 2. The predicted molar refractivity (Wildman–Crippen MR) is 78.7 cm³/mol. The monoisotopic (exact) mass is 264 g/mol. The molecule has 0 saturated carbocycles. The minimum Gasteiger partial charge on any atom is -0.492 e. The van der Waals surface area contributed by atoms with Gasteiger partial charge in [-0.25, -0.2) is 0 Å². The molecule has 2 aromatic carbocycles. The molecule has 3 aromatic rings. The summed E-state index contributed by atoms with van der Waals surface area (Å²) in [5.41, 5.74) is 3.09. The van der Waals surface area contributed by atoms with E-state index in [2.05, 4.69) is 22.1 Å². The first kappa shape index (κ1) is 12.5. The van der Waals surface area contributed by atoms with E-state index in [4.69, 9.17) is 0 Å². The SMILES string of the molecule is Oc1nc(Cc2ccccc2)[nH]c1Cc1ccccc1. The number of aromatic nitrogens is 2. The van der Waals surface area contributed by atoms with Crippen LogP contribution in [0.4, 0.5) is 0 Å². The van der Waals surface area contributed by atoms with Gasteiger partial charge in [0.2, 0.25) is 5.88 Å². The van der Waals surface area contributed by atoms with Gasteiger partial charge in [-0.15, -0.1) is 0 Å². The molecule has 1 heterocycles. The van der Waals surface area contributed by atoms with Gasteiger partial charge in [-0.2, -0.15) is 4.98 Å². The minimum atomic E-state index is 0.0970. The first-order valence-electron chi connectivity index (χ1n) is 6.66. The van der Waals surface area contributed by atoms with E-state index in [0.29, 0.717) is 12.8 Å². The summed E-state index contributed by atoms with van der Waals surface area (Å²) in [6.07, 6.45) is 1.36. The number of rotatable bonds is 4. The molecule has 100 valence electrons. The quantitative estimate of drug-likeness (QED) is 0.759. The molecule has 0 radical (unpaired) electrons. The Hall–Kier alpha value is -2.55. The molecule has 0 atom stereocenters. The average molecular weight is 264 g/mol. The Morgan fingerprint density at radius 2 is 1.35 bits per heavy atom. The number of benzene rings is 2. The molecule has 0 aliphatic carbocycles. The van der Waals surface area contributed by atoms with Gasteiger partial charge in [0.05, 0.1) is 5.69 Å². The smallest absolute Gasteiger partial charge is 0.232 e. The summed E-state index contributed by atoms with van der Waals surface area (Å²) in [6, 6.07) is 20.1. The van der Waals surface area contributed by atoms with Crippen LogP contribution in [0.15, 0.2) is 60.7 Å². The lowest BCUT2D eigenvalue weighted by atomic mass is 10.1. The molecule has 3 nitrogen and oxygen atoms in total. The Balaban J connectivity index is 1.77. The molecule has 0 saturated heterocycles. The van der Waals surface area contributed by atoms with Crippen LogP contribution in [0.25, 0.3) is 0 Å². The molecule has 0 aliphatic heterocycles. The highest BCUT2D eigenvalue weighted by molar-refractivity contribution is 5.29. The maximum absolute atomic E-state index is 9.93. The lowest BCUT2D eigenvalue weighted by Gasteiger charge is -1.99. The molecule has 0 bridgehead atoms. The molecule has 0 fully saturated rings. The maximum Gasteiger partial charge on any atom is 0.232 e. The van der Waals surface area contributed by atoms with Gasteiger partial charge in [0.1, 0.15) is 5.82 Å². The van der Waals surface area contributed by atoms with Crippen LogP contribution in [-0.4, -0.2) is 15.1 Å². The summed E-state index contributed by atoms with van der Waals surface area (Å²) >= 11 is 0. The van der Waals surface area contributed by atoms with Crippen molar-refractivity contribution >= 4 is 0 Å². The van der Waals surface area contributed by atoms with Gasteiger partial charge in [-0.3, -0.25) is 0 Å². The molecule has 0 aliphatic rings. The maximum atomic E-state index is 9.93. The lowest BCUT2D eigenvalue weighted by molar-refractivity contribution is 0.450. The van der Waals surface area contributed by atoms with E-state index in [9.17, 15) is 5.11 Å². The van der Waals surface area contributed by atoms with E-state index in [1.165, 1.54) is 5.56 Å². The molecule has 1 aromatic heterocycles. The van der Waals surface area contributed by atoms with E-state index in [0.717, 1.165) is 17.1 Å². The first-order chi connectivity index (χ1) is 9.81. The highest BCUT2D eigenvalue weighted by Gasteiger charge is 2.10. The van der Waals surface area contributed by atoms with Gasteiger partial charge < -0.3 is 10.1 Å². The number of aromatic hydroxyl groups is 1. The summed E-state index contributed by atoms with van der Waals surface area (Å²) in [7, 11) is 0. The van der Waals surface area contributed by atoms with E-state index in [1.54, 1.807) is 0 Å². The van der Waals surface area contributed by atoms with Crippen molar-refractivity contribution in [2.75, 3.05) is 0 Å². The molecule has 2 N–H and O–H groups in total. The van der Waals surface area contributed by atoms with Gasteiger partial charge in [0, 0.05) is 12.8 Å². The van der Waals surface area contributed by atoms with Crippen LogP contribution in [0, 0.1) is 0 Å². The normalized spacial score (nSPS) is 10.6. The van der Waals surface area contributed by atoms with E-state index in [-0.39, 0.29) is 5.88 Å². The van der Waals surface area contributed by atoms with E-state index in [1.807, 2.05) is 48.5 Å². The first-order valence-corrected chi connectivity index (χ1v) is 6.66. The van der Waals surface area contributed by atoms with Crippen LogP contribution in [0.5, 0.6) is 5.88 Å². The van der Waals surface area contributed by atoms with Crippen molar-refractivity contribution in [1.29, 1.82) is 0 Å². The van der Waals surface area contributed by atoms with Crippen molar-refractivity contribution < 1.29 is 5.11 Å². The van der Waals surface area contributed by atoms with Crippen molar-refractivity contribution in [1.82, 2.24) is 9.97 Å². The Morgan fingerprint density at radius 3 is 1.95 bits per heavy atom. The third-order valence-electron chi connectivity index (χ3n) is 3.24. The summed E-state index contributed by atoms with van der Waals surface area (Å²) in [5.74, 6) is 0.888. The van der Waals surface area contributed by atoms with E-state index < -0.39 is 0 Å². The summed E-state index contributed by atoms with van der Waals surface area (Å²) in [5, 5.41) is 9.93. The van der Waals surface area contributed by atoms with Crippen molar-refractivity contribution in [3.63, 3.8) is 0 Å². The van der Waals surface area contributed by atoms with Crippen LogP contribution in [-0.2, 0) is 12.8 Å². The molecule has 3 heteroatoms. The summed E-state index contributed by atoms with van der Waals surface area (Å²) in [6.45, 7) is 0. The Kier molecular flexibility index (Phi) is 3.50. The van der Waals surface area contributed by atoms with Gasteiger partial charge >= 0.3 is 0 Å². The third kappa shape index (κ3) is 2.88. The van der Waals surface area contributed by atoms with Gasteiger partial charge in [-0.05, 0) is 11.1 Å². The molecule has 20 heavy (non-hydrogen) atoms. The van der Waals surface area contributed by atoms with Crippen LogP contribution in [0.2, 0.25) is 0 Å². The number of imidazole rings is 1. The van der Waals surface area contributed by atoms with Crippen LogP contribution in [0.1, 0.15) is 22.6 Å². The Labute approximate surface area is 117 Å². The van der Waals surface area contributed by atoms with Gasteiger partial charge in [0.25, 0.3) is 0 Å². The topological polar surface area (TPSA) is 48.9 Å². The standard InChI is InChI=1S/C17H16N2O/c20-17-15(11-13-7-3-1-4-8-13)18-16(19-17)12-14-9-5-2-6-10-14/h1-10,20H,11-12H2,(H,18,19). The zero-order valence-electron chi connectivity index (χ0n) is 11.1. The number of nitrogens with zero attached hydrogens (tertiary/aromatic N) is 1. The molecule has 0 unspecified atom stereocenters. The fourth-order valence-corrected chi connectivity index (χ4v) is 2.25. The fourth-order valence-electron chi connectivity index (χ4n) is 2.25. The zero-order valence-corrected chi connectivity index (χ0v) is 11.1. The van der Waals surface area contributed by atoms with Crippen molar-refractivity contribution in [3.05, 3.63) is 83.3 Å². The molecule has 3 rings (SSSR count). The predicted octanol–water partition coefficient (Wildman–Crippen LogP) is 3.30. The molecule has 0 spiro atoms. The van der Waals surface area contributed by atoms with Crippen molar-refractivity contribution in [2.45, 2.75) is 12.8 Å². The highest BCUT2D eigenvalue weighted by atomic mass is 16.3. The summed E-state index contributed by atoms with van der Waals surface area (Å²) in [4.78, 5) is 7.42. The van der Waals surface area contributed by atoms with Gasteiger partial charge in [-0.1, -0.05) is 60.7 Å². The van der Waals surface area contributed by atoms with Crippen LogP contribution < -0.4 is 0 Å². The van der Waals surface area contributed by atoms with Crippen LogP contribution in [0.3, 0.4) is 0 Å². The van der Waals surface area contributed by atoms with Crippen molar-refractivity contribution in [2.24, 2.45) is 0 Å². The third-order valence-corrected chi connectivity index (χ3v) is 3.24. The molecule has 0 amide bonds. The summed E-state index contributed by atoms with van der Waals surface area (Å²) < 4.78 is 0. The van der Waals surface area contributed by atoms with Crippen molar-refractivity contribution in [3.8, 4) is 5.88 Å². The Bertz CT molecular complexity index is 675. The van der Waals surface area contributed by atoms with E-state index >= 15 is 0 Å². The molecular formula is C17H16N2O. The largest absolute Gasteiger partial charge is 0.492 e. The minimum absolute atomic E-state index is 0.0970. The highest BCUT2D eigenvalue weighted by Crippen LogP contribution is 2.19. The van der Waals surface area contributed by atoms with Crippen LogP contribution >= 0.6 is 0 Å². The second-order valence-corrected chi connectivity index (χ2v) is 4.81. The second-order valence-electron chi connectivity index (χ2n) is 4.81. The Morgan fingerprint density at radius 1 is 0.800 bits per heavy atom.